The van der Waals surface area contributed by atoms with Gasteiger partial charge in [0, 0.05) is 18.7 Å². The van der Waals surface area contributed by atoms with Gasteiger partial charge in [0.1, 0.15) is 0 Å². The van der Waals surface area contributed by atoms with Crippen molar-refractivity contribution in [2.45, 2.75) is 13.3 Å². The molecule has 5 heteroatoms. The van der Waals surface area contributed by atoms with Crippen LogP contribution in [0.5, 0.6) is 11.5 Å². The summed E-state index contributed by atoms with van der Waals surface area (Å²) in [7, 11) is 3.16. The molecule has 2 N–H and O–H groups in total. The van der Waals surface area contributed by atoms with Crippen molar-refractivity contribution in [3.63, 3.8) is 0 Å². The summed E-state index contributed by atoms with van der Waals surface area (Å²) in [4.78, 5) is 14.5. The second-order valence-corrected chi connectivity index (χ2v) is 5.16. The summed E-state index contributed by atoms with van der Waals surface area (Å²) >= 11 is 0. The van der Waals surface area contributed by atoms with Gasteiger partial charge in [-0.25, -0.2) is 0 Å². The molecule has 1 fully saturated rings. The fourth-order valence-electron chi connectivity index (χ4n) is 2.59. The Labute approximate surface area is 119 Å². The van der Waals surface area contributed by atoms with Gasteiger partial charge in [-0.3, -0.25) is 4.79 Å². The first-order chi connectivity index (χ1) is 9.60. The molecule has 1 aromatic rings. The first kappa shape index (κ1) is 14.7. The zero-order valence-electron chi connectivity index (χ0n) is 12.3. The molecule has 2 rings (SSSR count). The SMILES string of the molecule is COc1cc(C)c(C(=O)N2CC[C@@H](CN)C2)cc1OC. The summed E-state index contributed by atoms with van der Waals surface area (Å²) in [5, 5.41) is 0. The Morgan fingerprint density at radius 3 is 2.55 bits per heavy atom. The quantitative estimate of drug-likeness (QED) is 0.905. The molecule has 0 spiro atoms. The number of rotatable bonds is 4. The molecule has 0 aliphatic carbocycles. The Hall–Kier alpha value is -1.75. The molecule has 0 radical (unpaired) electrons. The van der Waals surface area contributed by atoms with E-state index in [4.69, 9.17) is 15.2 Å². The van der Waals surface area contributed by atoms with E-state index in [0.717, 1.165) is 25.1 Å². The minimum atomic E-state index is 0.0411. The Bertz CT molecular complexity index is 502. The first-order valence-corrected chi connectivity index (χ1v) is 6.82. The maximum Gasteiger partial charge on any atom is 0.254 e. The summed E-state index contributed by atoms with van der Waals surface area (Å²) in [5.74, 6) is 1.68. The van der Waals surface area contributed by atoms with Gasteiger partial charge < -0.3 is 20.1 Å². The van der Waals surface area contributed by atoms with Gasteiger partial charge in [0.2, 0.25) is 0 Å². The maximum atomic E-state index is 12.6. The third-order valence-corrected chi connectivity index (χ3v) is 3.87. The average Bonchev–Trinajstić information content (AvgIpc) is 2.95. The molecule has 1 aliphatic rings. The largest absolute Gasteiger partial charge is 0.493 e. The fourth-order valence-corrected chi connectivity index (χ4v) is 2.59. The van der Waals surface area contributed by atoms with Gasteiger partial charge in [0.15, 0.2) is 11.5 Å². The first-order valence-electron chi connectivity index (χ1n) is 6.82. The zero-order chi connectivity index (χ0) is 14.7. The number of carbonyl (C=O) groups is 1. The zero-order valence-corrected chi connectivity index (χ0v) is 12.3. The van der Waals surface area contributed by atoms with Gasteiger partial charge in [0.25, 0.3) is 5.91 Å². The number of aryl methyl sites for hydroxylation is 1. The number of benzene rings is 1. The highest BCUT2D eigenvalue weighted by molar-refractivity contribution is 5.96. The number of methoxy groups -OCH3 is 2. The topological polar surface area (TPSA) is 64.8 Å². The second kappa shape index (κ2) is 6.13. The Morgan fingerprint density at radius 1 is 1.35 bits per heavy atom. The summed E-state index contributed by atoms with van der Waals surface area (Å²) in [6, 6.07) is 3.59. The third-order valence-electron chi connectivity index (χ3n) is 3.87. The van der Waals surface area contributed by atoms with Crippen LogP contribution in [-0.4, -0.2) is 44.7 Å². The Balaban J connectivity index is 2.26. The number of ether oxygens (including phenoxy) is 2. The molecule has 1 aromatic carbocycles. The summed E-state index contributed by atoms with van der Waals surface area (Å²) in [6.45, 7) is 4.05. The van der Waals surface area contributed by atoms with Gasteiger partial charge in [-0.1, -0.05) is 0 Å². The number of hydrogen-bond donors (Lipinski definition) is 1. The summed E-state index contributed by atoms with van der Waals surface area (Å²) in [6.07, 6.45) is 0.981. The molecule has 5 nitrogen and oxygen atoms in total. The van der Waals surface area contributed by atoms with Crippen molar-refractivity contribution in [3.05, 3.63) is 23.3 Å². The van der Waals surface area contributed by atoms with Crippen LogP contribution in [0.2, 0.25) is 0 Å². The number of hydrogen-bond acceptors (Lipinski definition) is 4. The minimum absolute atomic E-state index is 0.0411. The lowest BCUT2D eigenvalue weighted by molar-refractivity contribution is 0.0786. The predicted molar refractivity (Wildman–Crippen MR) is 77.3 cm³/mol. The van der Waals surface area contributed by atoms with E-state index in [1.54, 1.807) is 20.3 Å². The van der Waals surface area contributed by atoms with Crippen LogP contribution in [0.4, 0.5) is 0 Å². The van der Waals surface area contributed by atoms with Crippen LogP contribution in [0, 0.1) is 12.8 Å². The molecule has 1 atom stereocenters. The molecule has 0 saturated carbocycles. The molecule has 1 saturated heterocycles. The highest BCUT2D eigenvalue weighted by Crippen LogP contribution is 2.31. The van der Waals surface area contributed by atoms with Gasteiger partial charge in [-0.15, -0.1) is 0 Å². The molecule has 0 unspecified atom stereocenters. The number of nitrogens with zero attached hydrogens (tertiary/aromatic N) is 1. The number of amides is 1. The molecular weight excluding hydrogens is 256 g/mol. The van der Waals surface area contributed by atoms with Crippen molar-refractivity contribution in [3.8, 4) is 11.5 Å². The van der Waals surface area contributed by atoms with E-state index in [0.29, 0.717) is 29.5 Å². The predicted octanol–water partition coefficient (Wildman–Crippen LogP) is 1.43. The van der Waals surface area contributed by atoms with Crippen molar-refractivity contribution in [1.82, 2.24) is 4.90 Å². The van der Waals surface area contributed by atoms with Crippen molar-refractivity contribution in [2.24, 2.45) is 11.7 Å². The molecule has 1 amide bonds. The van der Waals surface area contributed by atoms with E-state index < -0.39 is 0 Å². The fraction of sp³-hybridized carbons (Fsp3) is 0.533. The molecule has 0 bridgehead atoms. The van der Waals surface area contributed by atoms with Gasteiger partial charge in [-0.05, 0) is 43.5 Å². The van der Waals surface area contributed by atoms with Crippen LogP contribution in [-0.2, 0) is 0 Å². The van der Waals surface area contributed by atoms with Crippen LogP contribution in [0.1, 0.15) is 22.3 Å². The highest BCUT2D eigenvalue weighted by Gasteiger charge is 2.27. The van der Waals surface area contributed by atoms with E-state index in [9.17, 15) is 4.79 Å². The Morgan fingerprint density at radius 2 is 2.00 bits per heavy atom. The standard InChI is InChI=1S/C15H22N2O3/c1-10-6-13(19-2)14(20-3)7-12(10)15(18)17-5-4-11(8-16)9-17/h6-7,11H,4-5,8-9,16H2,1-3H3/t11-/m0/s1. The lowest BCUT2D eigenvalue weighted by Gasteiger charge is -2.19. The second-order valence-electron chi connectivity index (χ2n) is 5.16. The van der Waals surface area contributed by atoms with E-state index in [1.807, 2.05) is 17.9 Å². The maximum absolute atomic E-state index is 12.6. The normalized spacial score (nSPS) is 18.2. The monoisotopic (exact) mass is 278 g/mol. The van der Waals surface area contributed by atoms with Crippen molar-refractivity contribution in [2.75, 3.05) is 33.9 Å². The molecule has 1 aliphatic heterocycles. The van der Waals surface area contributed by atoms with Gasteiger partial charge in [-0.2, -0.15) is 0 Å². The van der Waals surface area contributed by atoms with Crippen LogP contribution in [0.15, 0.2) is 12.1 Å². The molecule has 1 heterocycles. The van der Waals surface area contributed by atoms with E-state index in [2.05, 4.69) is 0 Å². The van der Waals surface area contributed by atoms with E-state index in [1.165, 1.54) is 0 Å². The highest BCUT2D eigenvalue weighted by atomic mass is 16.5. The summed E-state index contributed by atoms with van der Waals surface area (Å²) in [5.41, 5.74) is 7.23. The van der Waals surface area contributed by atoms with E-state index >= 15 is 0 Å². The van der Waals surface area contributed by atoms with Gasteiger partial charge in [0.05, 0.1) is 14.2 Å². The Kier molecular flexibility index (Phi) is 4.49. The van der Waals surface area contributed by atoms with Gasteiger partial charge >= 0.3 is 0 Å². The van der Waals surface area contributed by atoms with Crippen LogP contribution >= 0.6 is 0 Å². The number of nitrogens with two attached hydrogens (primary N) is 1. The van der Waals surface area contributed by atoms with E-state index in [-0.39, 0.29) is 5.91 Å². The van der Waals surface area contributed by atoms with Crippen LogP contribution in [0.3, 0.4) is 0 Å². The smallest absolute Gasteiger partial charge is 0.254 e. The van der Waals surface area contributed by atoms with Crippen LogP contribution in [0.25, 0.3) is 0 Å². The lowest BCUT2D eigenvalue weighted by Crippen LogP contribution is -2.30. The molecule has 0 aromatic heterocycles. The summed E-state index contributed by atoms with van der Waals surface area (Å²) < 4.78 is 10.5. The number of carbonyl (C=O) groups excluding carboxylic acids is 1. The van der Waals surface area contributed by atoms with Crippen LogP contribution < -0.4 is 15.2 Å². The average molecular weight is 278 g/mol. The van der Waals surface area contributed by atoms with Crippen molar-refractivity contribution < 1.29 is 14.3 Å². The molecular formula is C15H22N2O3. The lowest BCUT2D eigenvalue weighted by atomic mass is 10.1. The third kappa shape index (κ3) is 2.72. The van der Waals surface area contributed by atoms with Crippen molar-refractivity contribution >= 4 is 5.91 Å². The molecule has 110 valence electrons. The van der Waals surface area contributed by atoms with Crippen molar-refractivity contribution in [1.29, 1.82) is 0 Å². The number of likely N-dealkylation sites (tertiary alicyclic amines) is 1. The molecule has 20 heavy (non-hydrogen) atoms. The minimum Gasteiger partial charge on any atom is -0.493 e.